The fraction of sp³-hybridized carbons (Fsp3) is 0.259. The SMILES string of the molecule is Cc1ccc(S(=O)(=O)O[C@H]2[C@H](OC(=O)c3ccccc3)[C@@H](OC(=O)c3ccccc3)[C@@H](O)O[C@@H]2CO)cc1. The molecule has 0 spiro atoms. The monoisotopic (exact) mass is 542 g/mol. The first-order chi connectivity index (χ1) is 18.2. The van der Waals surface area contributed by atoms with E-state index in [-0.39, 0.29) is 16.0 Å². The summed E-state index contributed by atoms with van der Waals surface area (Å²) in [5.74, 6) is -1.79. The van der Waals surface area contributed by atoms with E-state index in [9.17, 15) is 28.2 Å². The molecule has 3 aromatic rings. The summed E-state index contributed by atoms with van der Waals surface area (Å²) in [5.41, 5.74) is 1.05. The first-order valence-corrected chi connectivity index (χ1v) is 13.1. The lowest BCUT2D eigenvalue weighted by molar-refractivity contribution is -0.280. The average molecular weight is 543 g/mol. The summed E-state index contributed by atoms with van der Waals surface area (Å²) in [6.07, 6.45) is -8.40. The highest BCUT2D eigenvalue weighted by Crippen LogP contribution is 2.31. The third kappa shape index (κ3) is 6.26. The van der Waals surface area contributed by atoms with Crippen molar-refractivity contribution in [2.45, 2.75) is 42.5 Å². The van der Waals surface area contributed by atoms with E-state index in [0.29, 0.717) is 0 Å². The summed E-state index contributed by atoms with van der Waals surface area (Å²) in [5, 5.41) is 20.6. The molecule has 5 atom stereocenters. The minimum atomic E-state index is -4.48. The van der Waals surface area contributed by atoms with Gasteiger partial charge in [-0.2, -0.15) is 8.42 Å². The minimum Gasteiger partial charge on any atom is -0.452 e. The van der Waals surface area contributed by atoms with Crippen LogP contribution in [0.3, 0.4) is 0 Å². The highest BCUT2D eigenvalue weighted by molar-refractivity contribution is 7.86. The van der Waals surface area contributed by atoms with Gasteiger partial charge >= 0.3 is 11.9 Å². The van der Waals surface area contributed by atoms with E-state index >= 15 is 0 Å². The maximum atomic E-state index is 13.1. The Bertz CT molecular complexity index is 1340. The quantitative estimate of drug-likeness (QED) is 0.321. The summed E-state index contributed by atoms with van der Waals surface area (Å²) in [4.78, 5) is 25.6. The van der Waals surface area contributed by atoms with Crippen LogP contribution in [0.5, 0.6) is 0 Å². The summed E-state index contributed by atoms with van der Waals surface area (Å²) in [6.45, 7) is 0.976. The van der Waals surface area contributed by atoms with E-state index in [4.69, 9.17) is 18.4 Å². The predicted octanol–water partition coefficient (Wildman–Crippen LogP) is 2.23. The molecule has 1 aliphatic heterocycles. The fourth-order valence-electron chi connectivity index (χ4n) is 3.86. The Morgan fingerprint density at radius 3 is 1.79 bits per heavy atom. The number of ether oxygens (including phenoxy) is 3. The van der Waals surface area contributed by atoms with Crippen LogP contribution >= 0.6 is 0 Å². The molecule has 1 fully saturated rings. The molecule has 0 aromatic heterocycles. The fourth-order valence-corrected chi connectivity index (χ4v) is 4.96. The Labute approximate surface area is 219 Å². The van der Waals surface area contributed by atoms with E-state index in [2.05, 4.69) is 0 Å². The number of aliphatic hydroxyl groups is 2. The Hall–Kier alpha value is -3.61. The molecule has 0 bridgehead atoms. The van der Waals surface area contributed by atoms with E-state index in [1.165, 1.54) is 36.4 Å². The standard InChI is InChI=1S/C27H26O10S/c1-17-12-14-20(15-13-17)38(32,33)37-22-21(16-28)34-27(31)24(36-26(30)19-10-6-3-7-11-19)23(22)35-25(29)18-8-4-2-5-9-18/h2-15,21-24,27-28,31H,16H2,1H3/t21-,22-,23+,24-,27+/m1/s1. The first kappa shape index (κ1) is 27.4. The number of rotatable bonds is 8. The molecule has 1 saturated heterocycles. The second-order valence-corrected chi connectivity index (χ2v) is 10.1. The van der Waals surface area contributed by atoms with E-state index < -0.39 is 59.4 Å². The van der Waals surface area contributed by atoms with Gasteiger partial charge in [-0.1, -0.05) is 54.1 Å². The average Bonchev–Trinajstić information content (AvgIpc) is 2.92. The predicted molar refractivity (Wildman–Crippen MR) is 132 cm³/mol. The van der Waals surface area contributed by atoms with Gasteiger partial charge < -0.3 is 24.4 Å². The zero-order valence-electron chi connectivity index (χ0n) is 20.2. The number of aliphatic hydroxyl groups excluding tert-OH is 2. The topological polar surface area (TPSA) is 146 Å². The molecule has 0 aliphatic carbocycles. The second-order valence-electron chi connectivity index (χ2n) is 8.55. The number of hydrogen-bond acceptors (Lipinski definition) is 10. The molecule has 200 valence electrons. The van der Waals surface area contributed by atoms with Gasteiger partial charge in [-0.3, -0.25) is 4.18 Å². The van der Waals surface area contributed by atoms with Crippen molar-refractivity contribution >= 4 is 22.1 Å². The smallest absolute Gasteiger partial charge is 0.338 e. The molecule has 2 N–H and O–H groups in total. The van der Waals surface area contributed by atoms with Crippen molar-refractivity contribution in [1.29, 1.82) is 0 Å². The van der Waals surface area contributed by atoms with Crippen molar-refractivity contribution in [3.8, 4) is 0 Å². The van der Waals surface area contributed by atoms with Gasteiger partial charge in [0.05, 0.1) is 22.6 Å². The van der Waals surface area contributed by atoms with Crippen LogP contribution in [0.15, 0.2) is 89.8 Å². The van der Waals surface area contributed by atoms with Crippen LogP contribution in [0.2, 0.25) is 0 Å². The molecule has 0 saturated carbocycles. The Balaban J connectivity index is 1.70. The molecule has 10 nitrogen and oxygen atoms in total. The molecule has 0 unspecified atom stereocenters. The van der Waals surface area contributed by atoms with Gasteiger partial charge in [0, 0.05) is 0 Å². The molecular weight excluding hydrogens is 516 g/mol. The van der Waals surface area contributed by atoms with Gasteiger partial charge in [-0.25, -0.2) is 9.59 Å². The van der Waals surface area contributed by atoms with Crippen molar-refractivity contribution in [2.24, 2.45) is 0 Å². The third-order valence-corrected chi connectivity index (χ3v) is 7.17. The highest BCUT2D eigenvalue weighted by atomic mass is 32.2. The zero-order chi connectivity index (χ0) is 27.3. The summed E-state index contributed by atoms with van der Waals surface area (Å²) >= 11 is 0. The third-order valence-electron chi connectivity index (χ3n) is 5.84. The van der Waals surface area contributed by atoms with Gasteiger partial charge in [-0.15, -0.1) is 0 Å². The van der Waals surface area contributed by atoms with Crippen LogP contribution in [-0.2, 0) is 28.5 Å². The Morgan fingerprint density at radius 2 is 1.29 bits per heavy atom. The second kappa shape index (κ2) is 11.8. The number of esters is 2. The van der Waals surface area contributed by atoms with Gasteiger partial charge in [0.15, 0.2) is 18.5 Å². The van der Waals surface area contributed by atoms with Crippen molar-refractivity contribution in [1.82, 2.24) is 0 Å². The molecule has 0 radical (unpaired) electrons. The maximum Gasteiger partial charge on any atom is 0.338 e. The lowest BCUT2D eigenvalue weighted by atomic mass is 9.98. The number of carbonyl (C=O) groups excluding carboxylic acids is 2. The van der Waals surface area contributed by atoms with Crippen molar-refractivity contribution in [3.63, 3.8) is 0 Å². The largest absolute Gasteiger partial charge is 0.452 e. The minimum absolute atomic E-state index is 0.113. The molecule has 38 heavy (non-hydrogen) atoms. The van der Waals surface area contributed by atoms with Crippen LogP contribution in [-0.4, -0.2) is 67.9 Å². The summed E-state index contributed by atoms with van der Waals surface area (Å²) in [7, 11) is -4.48. The van der Waals surface area contributed by atoms with Crippen molar-refractivity contribution < 1.29 is 46.6 Å². The van der Waals surface area contributed by atoms with Crippen LogP contribution in [0.4, 0.5) is 0 Å². The molecule has 1 heterocycles. The molecule has 1 aliphatic rings. The maximum absolute atomic E-state index is 13.1. The summed E-state index contributed by atoms with van der Waals surface area (Å²) < 4.78 is 48.1. The zero-order valence-corrected chi connectivity index (χ0v) is 21.1. The molecule has 3 aromatic carbocycles. The normalized spacial score (nSPS) is 23.4. The van der Waals surface area contributed by atoms with Gasteiger partial charge in [0.1, 0.15) is 12.2 Å². The Morgan fingerprint density at radius 1 is 0.789 bits per heavy atom. The Kier molecular flexibility index (Phi) is 8.55. The van der Waals surface area contributed by atoms with Crippen LogP contribution < -0.4 is 0 Å². The van der Waals surface area contributed by atoms with Crippen LogP contribution in [0.25, 0.3) is 0 Å². The number of carbonyl (C=O) groups is 2. The molecule has 0 amide bonds. The van der Waals surface area contributed by atoms with Crippen molar-refractivity contribution in [2.75, 3.05) is 6.61 Å². The van der Waals surface area contributed by atoms with Gasteiger partial charge in [0.25, 0.3) is 10.1 Å². The van der Waals surface area contributed by atoms with E-state index in [1.807, 2.05) is 0 Å². The van der Waals surface area contributed by atoms with Crippen LogP contribution in [0.1, 0.15) is 26.3 Å². The highest BCUT2D eigenvalue weighted by Gasteiger charge is 2.52. The lowest BCUT2D eigenvalue weighted by Crippen LogP contribution is -2.62. The number of hydrogen-bond donors (Lipinski definition) is 2. The van der Waals surface area contributed by atoms with Gasteiger partial charge in [-0.05, 0) is 43.3 Å². The lowest BCUT2D eigenvalue weighted by Gasteiger charge is -2.42. The van der Waals surface area contributed by atoms with Crippen LogP contribution in [0, 0.1) is 6.92 Å². The molecule has 4 rings (SSSR count). The van der Waals surface area contributed by atoms with Gasteiger partial charge in [0.2, 0.25) is 0 Å². The van der Waals surface area contributed by atoms with Crippen molar-refractivity contribution in [3.05, 3.63) is 102 Å². The molecular formula is C27H26O10S. The summed E-state index contributed by atoms with van der Waals surface area (Å²) in [6, 6.07) is 21.4. The molecule has 11 heteroatoms. The van der Waals surface area contributed by atoms with E-state index in [0.717, 1.165) is 5.56 Å². The van der Waals surface area contributed by atoms with E-state index in [1.54, 1.807) is 55.5 Å². The first-order valence-electron chi connectivity index (χ1n) is 11.7. The number of benzene rings is 3. The number of aryl methyl sites for hydroxylation is 1.